The summed E-state index contributed by atoms with van der Waals surface area (Å²) >= 11 is 1.84. The van der Waals surface area contributed by atoms with Crippen LogP contribution in [0.4, 0.5) is 4.79 Å². The van der Waals surface area contributed by atoms with Crippen molar-refractivity contribution >= 4 is 71.1 Å². The Kier molecular flexibility index (Phi) is 20.4. The quantitative estimate of drug-likeness (QED) is 0.0221. The molecule has 9 amide bonds. The highest BCUT2D eigenvalue weighted by molar-refractivity contribution is 8.00. The van der Waals surface area contributed by atoms with E-state index in [1.165, 1.54) is 4.68 Å². The average Bonchev–Trinajstić information content (AvgIpc) is 4.06. The summed E-state index contributed by atoms with van der Waals surface area (Å²) in [6.07, 6.45) is 2.81. The molecule has 3 fully saturated rings. The van der Waals surface area contributed by atoms with E-state index in [2.05, 4.69) is 63.2 Å². The highest BCUT2D eigenvalue weighted by Gasteiger charge is 2.42. The van der Waals surface area contributed by atoms with Crippen LogP contribution >= 0.6 is 11.8 Å². The lowest BCUT2D eigenvalue weighted by molar-refractivity contribution is -0.141. The van der Waals surface area contributed by atoms with Crippen molar-refractivity contribution < 1.29 is 49.6 Å². The number of amides is 9. The Morgan fingerprint density at radius 3 is 2.20 bits per heavy atom. The van der Waals surface area contributed by atoms with Crippen LogP contribution in [0.5, 0.6) is 0 Å². The SMILES string of the molecule is [3H]c1c(CNC(=O)CCCC[C@@H]2SC[C@@H]3NC(=O)N[C@@H]32)nnn1Cc1ccc(C(=O)NCCCC[C@@H]2NC(=O)[C@@H](Cc3ccccc3)NC(=O)[C@H](CC(=O)O)NC(=O)CNC(=O)[C@H](CCCN=C(N)N)NC2=O)cc1. The zero-order valence-electron chi connectivity index (χ0n) is 41.7. The summed E-state index contributed by atoms with van der Waals surface area (Å²) in [5.41, 5.74) is 12.9. The van der Waals surface area contributed by atoms with E-state index in [-0.39, 0.29) is 100 Å². The van der Waals surface area contributed by atoms with Gasteiger partial charge in [0.15, 0.2) is 5.96 Å². The lowest BCUT2D eigenvalue weighted by Crippen LogP contribution is -2.58. The molecule has 0 bridgehead atoms. The number of hydrogen-bond donors (Lipinski definition) is 12. The number of carboxylic acids is 1. The van der Waals surface area contributed by atoms with Crippen LogP contribution < -0.4 is 59.3 Å². The molecule has 2 aromatic carbocycles. The van der Waals surface area contributed by atoms with Crippen molar-refractivity contribution in [3.05, 3.63) is 83.2 Å². The minimum absolute atomic E-state index is 0.0153. The van der Waals surface area contributed by atoms with Gasteiger partial charge in [0.1, 0.15) is 29.9 Å². The van der Waals surface area contributed by atoms with Gasteiger partial charge in [0, 0.05) is 42.5 Å². The average molecular weight is 1050 g/mol. The molecule has 3 aliphatic heterocycles. The summed E-state index contributed by atoms with van der Waals surface area (Å²) in [4.78, 5) is 121. The van der Waals surface area contributed by atoms with E-state index in [4.69, 9.17) is 12.8 Å². The minimum atomic E-state index is -1.62. The van der Waals surface area contributed by atoms with E-state index in [0.717, 1.165) is 24.2 Å². The number of unbranched alkanes of at least 4 members (excludes halogenated alkanes) is 2. The molecule has 1 aromatic heterocycles. The standard InChI is InChI=1S/C48H65N15O10S/c49-47(50)52-20-8-12-32-43(69)54-24-39(65)55-35(22-40(66)67)46(72)58-34(21-28-9-2-1-3-10-28)45(71)57-33(44(70)56-32)11-6-7-19-51-42(68)30-17-15-29(16-18-30)25-63-26-31(61-62-63)23-53-38(64)14-5-4-13-37-41-36(27-74-37)59-48(73)60-41/h1-3,9-10,15-18,26,32-37,41H,4-8,11-14,19-25,27H2,(H,51,68)(H,53,64)(H,54,69)(H,55,65)(H,56,70)(H,57,71)(H,58,72)(H,66,67)(H4,49,50,52)(H2,59,60,73)/t32-,33-,34+,35-,36-,37-,41-/m0/s1/i26T. The number of carboxylic acid groups (broad SMARTS) is 1. The zero-order chi connectivity index (χ0) is 53.9. The summed E-state index contributed by atoms with van der Waals surface area (Å²) in [7, 11) is 0. The second-order valence-electron chi connectivity index (χ2n) is 18.2. The van der Waals surface area contributed by atoms with Crippen LogP contribution in [-0.2, 0) is 53.1 Å². The zero-order valence-corrected chi connectivity index (χ0v) is 41.5. The van der Waals surface area contributed by atoms with Gasteiger partial charge < -0.3 is 64.4 Å². The molecule has 3 saturated heterocycles. The van der Waals surface area contributed by atoms with Crippen molar-refractivity contribution in [1.82, 2.24) is 62.8 Å². The van der Waals surface area contributed by atoms with E-state index in [1.54, 1.807) is 54.6 Å². The first-order valence-corrected chi connectivity index (χ1v) is 25.6. The molecule has 0 aliphatic carbocycles. The molecule has 26 heteroatoms. The number of rotatable bonds is 23. The number of fused-ring (bicyclic) bond motifs is 1. The summed E-state index contributed by atoms with van der Waals surface area (Å²) in [6.45, 7) is -0.141. The van der Waals surface area contributed by atoms with Crippen molar-refractivity contribution in [2.75, 3.05) is 25.4 Å². The number of nitrogens with one attached hydrogen (secondary N) is 9. The monoisotopic (exact) mass is 1050 g/mol. The van der Waals surface area contributed by atoms with Crippen molar-refractivity contribution in [2.24, 2.45) is 16.5 Å². The van der Waals surface area contributed by atoms with Crippen LogP contribution in [-0.4, -0.2) is 146 Å². The fourth-order valence-corrected chi connectivity index (χ4v) is 10.1. The summed E-state index contributed by atoms with van der Waals surface area (Å²) in [5.74, 6) is -5.44. The number of hydrogen-bond acceptors (Lipinski definition) is 13. The molecule has 4 heterocycles. The molecular weight excluding hydrogens is 979 g/mol. The van der Waals surface area contributed by atoms with Crippen LogP contribution in [0.2, 0.25) is 0 Å². The van der Waals surface area contributed by atoms with Crippen LogP contribution in [0, 0.1) is 0 Å². The number of carbonyl (C=O) groups excluding carboxylic acids is 8. The van der Waals surface area contributed by atoms with Crippen LogP contribution in [0.15, 0.2) is 65.8 Å². The number of urea groups is 1. The highest BCUT2D eigenvalue weighted by Crippen LogP contribution is 2.33. The Bertz CT molecular complexity index is 2550. The van der Waals surface area contributed by atoms with Gasteiger partial charge in [0.25, 0.3) is 5.91 Å². The van der Waals surface area contributed by atoms with E-state index in [9.17, 15) is 48.3 Å². The van der Waals surface area contributed by atoms with Crippen molar-refractivity contribution in [3.8, 4) is 0 Å². The number of nitrogens with two attached hydrogens (primary N) is 2. The Hall–Kier alpha value is -7.77. The van der Waals surface area contributed by atoms with Gasteiger partial charge in [-0.3, -0.25) is 43.3 Å². The molecule has 3 aromatic rings. The number of benzene rings is 2. The maximum atomic E-state index is 14.1. The molecule has 0 unspecified atom stereocenters. The van der Waals surface area contributed by atoms with Gasteiger partial charge in [-0.1, -0.05) is 54.1 Å². The number of carbonyl (C=O) groups is 9. The van der Waals surface area contributed by atoms with E-state index >= 15 is 0 Å². The normalized spacial score (nSPS) is 22.4. The second kappa shape index (κ2) is 27.9. The largest absolute Gasteiger partial charge is 0.481 e. The predicted octanol–water partition coefficient (Wildman–Crippen LogP) is -1.59. The van der Waals surface area contributed by atoms with Gasteiger partial charge >= 0.3 is 12.0 Å². The number of aromatic nitrogens is 3. The summed E-state index contributed by atoms with van der Waals surface area (Å²) < 4.78 is 9.95. The molecule has 398 valence electrons. The first-order valence-electron chi connectivity index (χ1n) is 25.0. The molecule has 25 nitrogen and oxygen atoms in total. The minimum Gasteiger partial charge on any atom is -0.481 e. The lowest BCUT2D eigenvalue weighted by Gasteiger charge is -2.26. The number of aliphatic imine (C=N–C) groups is 1. The first kappa shape index (κ1) is 54.0. The molecule has 0 saturated carbocycles. The number of guanidine groups is 1. The van der Waals surface area contributed by atoms with Gasteiger partial charge in [0.2, 0.25) is 35.4 Å². The molecule has 7 atom stereocenters. The number of aliphatic carboxylic acids is 1. The number of thioether (sulfide) groups is 1. The van der Waals surface area contributed by atoms with Gasteiger partial charge in [0.05, 0.1) is 45.7 Å². The van der Waals surface area contributed by atoms with E-state index in [1.807, 2.05) is 11.8 Å². The van der Waals surface area contributed by atoms with Crippen LogP contribution in [0.1, 0.15) is 92.8 Å². The Balaban J connectivity index is 1.01. The maximum Gasteiger partial charge on any atom is 0.315 e. The molecule has 74 heavy (non-hydrogen) atoms. The van der Waals surface area contributed by atoms with Crippen molar-refractivity contribution in [3.63, 3.8) is 0 Å². The second-order valence-corrected chi connectivity index (χ2v) is 19.4. The molecule has 3 aliphatic rings. The topological polar surface area (TPSA) is 377 Å². The number of nitrogens with zero attached hydrogens (tertiary/aromatic N) is 4. The van der Waals surface area contributed by atoms with Crippen LogP contribution in [0.25, 0.3) is 0 Å². The van der Waals surface area contributed by atoms with Crippen molar-refractivity contribution in [1.29, 1.82) is 0 Å². The molecule has 14 N–H and O–H groups in total. The van der Waals surface area contributed by atoms with E-state index in [0.29, 0.717) is 41.3 Å². The molecule has 0 radical (unpaired) electrons. The Labute approximate surface area is 432 Å². The molecule has 0 spiro atoms. The third-order valence-electron chi connectivity index (χ3n) is 12.4. The van der Waals surface area contributed by atoms with Gasteiger partial charge in [-0.25, -0.2) is 9.48 Å². The Morgan fingerprint density at radius 2 is 1.46 bits per heavy atom. The smallest absolute Gasteiger partial charge is 0.315 e. The fraction of sp³-hybridized carbons (Fsp3) is 0.500. The van der Waals surface area contributed by atoms with Gasteiger partial charge in [-0.15, -0.1) is 5.10 Å². The van der Waals surface area contributed by atoms with E-state index < -0.39 is 72.6 Å². The third-order valence-corrected chi connectivity index (χ3v) is 13.9. The van der Waals surface area contributed by atoms with Gasteiger partial charge in [-0.05, 0) is 68.2 Å². The predicted molar refractivity (Wildman–Crippen MR) is 271 cm³/mol. The molecule has 6 rings (SSSR count). The Morgan fingerprint density at radius 1 is 0.770 bits per heavy atom. The van der Waals surface area contributed by atoms with Crippen molar-refractivity contribution in [2.45, 2.75) is 125 Å². The third kappa shape index (κ3) is 17.8. The molecular formula is C48H65N15O10S. The highest BCUT2D eigenvalue weighted by atomic mass is 32.2. The first-order chi connectivity index (χ1) is 36.0. The maximum absolute atomic E-state index is 14.1. The van der Waals surface area contributed by atoms with Crippen LogP contribution in [0.3, 0.4) is 0 Å². The van der Waals surface area contributed by atoms with Gasteiger partial charge in [-0.2, -0.15) is 11.8 Å². The summed E-state index contributed by atoms with van der Waals surface area (Å²) in [6, 6.07) is 10.0. The lowest BCUT2D eigenvalue weighted by atomic mass is 10.0. The summed E-state index contributed by atoms with van der Waals surface area (Å²) in [5, 5.41) is 42.2. The fourth-order valence-electron chi connectivity index (χ4n) is 8.54.